The Labute approximate surface area is 89.5 Å². The van der Waals surface area contributed by atoms with Crippen LogP contribution in [-0.2, 0) is 0 Å². The smallest absolute Gasteiger partial charge is 0.00489 e. The van der Waals surface area contributed by atoms with Crippen molar-refractivity contribution in [1.29, 1.82) is 0 Å². The minimum absolute atomic E-state index is 0.844. The van der Waals surface area contributed by atoms with Crippen LogP contribution in [-0.4, -0.2) is 6.54 Å². The molecule has 1 aliphatic carbocycles. The lowest BCUT2D eigenvalue weighted by Gasteiger charge is -2.27. The third-order valence-corrected chi connectivity index (χ3v) is 3.69. The number of nitrogens with two attached hydrogens (primary N) is 1. The fraction of sp³-hybridized carbons (Fsp3) is 1.00. The molecule has 0 saturated heterocycles. The molecule has 1 aliphatic rings. The van der Waals surface area contributed by atoms with Crippen molar-refractivity contribution >= 4 is 0 Å². The van der Waals surface area contributed by atoms with Gasteiger partial charge in [-0.15, -0.1) is 0 Å². The lowest BCUT2D eigenvalue weighted by atomic mass is 9.79. The van der Waals surface area contributed by atoms with Gasteiger partial charge in [0.2, 0.25) is 0 Å². The predicted molar refractivity (Wildman–Crippen MR) is 63.2 cm³/mol. The SMILES string of the molecule is CC(C)CCC[C@H]1CC[C@@H](CN)CC1. The number of rotatable bonds is 5. The minimum Gasteiger partial charge on any atom is -0.330 e. The number of hydrogen-bond donors (Lipinski definition) is 1. The highest BCUT2D eigenvalue weighted by Crippen LogP contribution is 2.31. The van der Waals surface area contributed by atoms with Crippen molar-refractivity contribution in [1.82, 2.24) is 0 Å². The molecule has 1 saturated carbocycles. The first-order valence-electron chi connectivity index (χ1n) is 6.42. The number of hydrogen-bond acceptors (Lipinski definition) is 1. The van der Waals surface area contributed by atoms with E-state index in [-0.39, 0.29) is 0 Å². The fourth-order valence-corrected chi connectivity index (χ4v) is 2.57. The molecule has 0 spiro atoms. The van der Waals surface area contributed by atoms with Gasteiger partial charge in [0.25, 0.3) is 0 Å². The summed E-state index contributed by atoms with van der Waals surface area (Å²) < 4.78 is 0. The van der Waals surface area contributed by atoms with Crippen LogP contribution in [0.25, 0.3) is 0 Å². The van der Waals surface area contributed by atoms with Crippen LogP contribution in [0.1, 0.15) is 58.8 Å². The summed E-state index contributed by atoms with van der Waals surface area (Å²) in [6.45, 7) is 5.56. The van der Waals surface area contributed by atoms with E-state index in [1.807, 2.05) is 0 Å². The van der Waals surface area contributed by atoms with E-state index in [0.29, 0.717) is 0 Å². The summed E-state index contributed by atoms with van der Waals surface area (Å²) in [6, 6.07) is 0. The molecule has 84 valence electrons. The van der Waals surface area contributed by atoms with Gasteiger partial charge in [-0.1, -0.05) is 46.0 Å². The topological polar surface area (TPSA) is 26.0 Å². The average molecular weight is 197 g/mol. The molecule has 1 heteroatoms. The van der Waals surface area contributed by atoms with Crippen LogP contribution in [0.3, 0.4) is 0 Å². The maximum atomic E-state index is 5.69. The highest BCUT2D eigenvalue weighted by atomic mass is 14.5. The third-order valence-electron chi connectivity index (χ3n) is 3.69. The standard InChI is InChI=1S/C13H27N/c1-11(2)4-3-5-12-6-8-13(10-14)9-7-12/h11-13H,3-10,14H2,1-2H3/t12-,13+. The Morgan fingerprint density at radius 1 is 1.07 bits per heavy atom. The normalized spacial score (nSPS) is 28.3. The molecule has 0 aromatic heterocycles. The zero-order chi connectivity index (χ0) is 10.4. The second-order valence-electron chi connectivity index (χ2n) is 5.45. The Bertz CT molecular complexity index is 134. The monoisotopic (exact) mass is 197 g/mol. The van der Waals surface area contributed by atoms with Gasteiger partial charge in [0, 0.05) is 0 Å². The van der Waals surface area contributed by atoms with E-state index < -0.39 is 0 Å². The lowest BCUT2D eigenvalue weighted by Crippen LogP contribution is -2.21. The molecule has 0 unspecified atom stereocenters. The summed E-state index contributed by atoms with van der Waals surface area (Å²) in [6.07, 6.45) is 9.99. The van der Waals surface area contributed by atoms with Crippen LogP contribution in [0.4, 0.5) is 0 Å². The average Bonchev–Trinajstić information content (AvgIpc) is 2.18. The Balaban J connectivity index is 2.04. The first-order chi connectivity index (χ1) is 6.72. The summed E-state index contributed by atoms with van der Waals surface area (Å²) in [5, 5.41) is 0. The van der Waals surface area contributed by atoms with Crippen LogP contribution in [0.2, 0.25) is 0 Å². The minimum atomic E-state index is 0.844. The predicted octanol–water partition coefficient (Wildman–Crippen LogP) is 3.58. The second kappa shape index (κ2) is 6.44. The van der Waals surface area contributed by atoms with Gasteiger partial charge in [0.05, 0.1) is 0 Å². The molecule has 1 rings (SSSR count). The van der Waals surface area contributed by atoms with Crippen molar-refractivity contribution in [3.05, 3.63) is 0 Å². The van der Waals surface area contributed by atoms with Crippen LogP contribution in [0, 0.1) is 17.8 Å². The summed E-state index contributed by atoms with van der Waals surface area (Å²) >= 11 is 0. The molecule has 0 aliphatic heterocycles. The summed E-state index contributed by atoms with van der Waals surface area (Å²) in [5.74, 6) is 2.75. The quantitative estimate of drug-likeness (QED) is 0.716. The zero-order valence-corrected chi connectivity index (χ0v) is 9.97. The van der Waals surface area contributed by atoms with Gasteiger partial charge in [-0.3, -0.25) is 0 Å². The maximum Gasteiger partial charge on any atom is -0.00489 e. The third kappa shape index (κ3) is 4.45. The summed E-state index contributed by atoms with van der Waals surface area (Å²) in [4.78, 5) is 0. The summed E-state index contributed by atoms with van der Waals surface area (Å²) in [5.41, 5.74) is 5.69. The van der Waals surface area contributed by atoms with E-state index >= 15 is 0 Å². The van der Waals surface area contributed by atoms with E-state index in [4.69, 9.17) is 5.73 Å². The molecular formula is C13H27N. The molecule has 2 N–H and O–H groups in total. The Morgan fingerprint density at radius 2 is 1.64 bits per heavy atom. The van der Waals surface area contributed by atoms with E-state index in [0.717, 1.165) is 24.3 Å². The van der Waals surface area contributed by atoms with E-state index in [1.165, 1.54) is 44.9 Å². The fourth-order valence-electron chi connectivity index (χ4n) is 2.57. The summed E-state index contributed by atoms with van der Waals surface area (Å²) in [7, 11) is 0. The highest BCUT2D eigenvalue weighted by Gasteiger charge is 2.19. The largest absolute Gasteiger partial charge is 0.330 e. The molecule has 1 nitrogen and oxygen atoms in total. The highest BCUT2D eigenvalue weighted by molar-refractivity contribution is 4.73. The molecule has 0 aromatic rings. The van der Waals surface area contributed by atoms with Crippen molar-refractivity contribution in [2.24, 2.45) is 23.5 Å². The van der Waals surface area contributed by atoms with Crippen LogP contribution in [0.5, 0.6) is 0 Å². The Morgan fingerprint density at radius 3 is 2.14 bits per heavy atom. The molecule has 0 radical (unpaired) electrons. The van der Waals surface area contributed by atoms with Gasteiger partial charge in [-0.25, -0.2) is 0 Å². The Kier molecular flexibility index (Phi) is 5.54. The maximum absolute atomic E-state index is 5.69. The molecular weight excluding hydrogens is 170 g/mol. The van der Waals surface area contributed by atoms with Gasteiger partial charge >= 0.3 is 0 Å². The van der Waals surface area contributed by atoms with Crippen molar-refractivity contribution in [3.63, 3.8) is 0 Å². The van der Waals surface area contributed by atoms with Gasteiger partial charge in [-0.05, 0) is 37.1 Å². The Hall–Kier alpha value is -0.0400. The lowest BCUT2D eigenvalue weighted by molar-refractivity contribution is 0.260. The molecule has 0 bridgehead atoms. The van der Waals surface area contributed by atoms with Crippen molar-refractivity contribution < 1.29 is 0 Å². The molecule has 0 aromatic carbocycles. The van der Waals surface area contributed by atoms with Crippen molar-refractivity contribution in [3.8, 4) is 0 Å². The first kappa shape index (κ1) is 12.0. The van der Waals surface area contributed by atoms with Crippen LogP contribution >= 0.6 is 0 Å². The second-order valence-corrected chi connectivity index (χ2v) is 5.45. The first-order valence-corrected chi connectivity index (χ1v) is 6.42. The molecule has 0 heterocycles. The van der Waals surface area contributed by atoms with Gasteiger partial charge in [0.15, 0.2) is 0 Å². The molecule has 0 amide bonds. The van der Waals surface area contributed by atoms with Crippen molar-refractivity contribution in [2.45, 2.75) is 58.8 Å². The van der Waals surface area contributed by atoms with Gasteiger partial charge < -0.3 is 5.73 Å². The van der Waals surface area contributed by atoms with Crippen molar-refractivity contribution in [2.75, 3.05) is 6.54 Å². The van der Waals surface area contributed by atoms with E-state index in [9.17, 15) is 0 Å². The molecule has 14 heavy (non-hydrogen) atoms. The van der Waals surface area contributed by atoms with Gasteiger partial charge in [-0.2, -0.15) is 0 Å². The zero-order valence-electron chi connectivity index (χ0n) is 9.97. The molecule has 0 atom stereocenters. The van der Waals surface area contributed by atoms with E-state index in [2.05, 4.69) is 13.8 Å². The van der Waals surface area contributed by atoms with E-state index in [1.54, 1.807) is 0 Å². The van der Waals surface area contributed by atoms with Crippen LogP contribution in [0.15, 0.2) is 0 Å². The van der Waals surface area contributed by atoms with Crippen LogP contribution < -0.4 is 5.73 Å². The molecule has 1 fully saturated rings. The van der Waals surface area contributed by atoms with Gasteiger partial charge in [0.1, 0.15) is 0 Å².